The van der Waals surface area contributed by atoms with Crippen LogP contribution in [0.4, 0.5) is 0 Å². The van der Waals surface area contributed by atoms with Gasteiger partial charge in [-0.1, -0.05) is 24.9 Å². The van der Waals surface area contributed by atoms with E-state index in [4.69, 9.17) is 44.4 Å². The Morgan fingerprint density at radius 2 is 1.57 bits per heavy atom. The fourth-order valence-corrected chi connectivity index (χ4v) is 5.06. The van der Waals surface area contributed by atoms with Gasteiger partial charge in [0.05, 0.1) is 5.02 Å². The third kappa shape index (κ3) is 8.54. The Morgan fingerprint density at radius 3 is 2.21 bits per heavy atom. The third-order valence-corrected chi connectivity index (χ3v) is 7.09. The van der Waals surface area contributed by atoms with Gasteiger partial charge in [0, 0.05) is 40.3 Å². The number of rotatable bonds is 11. The van der Waals surface area contributed by atoms with Crippen LogP contribution in [0.5, 0.6) is 5.75 Å². The van der Waals surface area contributed by atoms with Gasteiger partial charge in [-0.05, 0) is 24.6 Å². The summed E-state index contributed by atoms with van der Waals surface area (Å²) in [6.45, 7) is 6.28. The fraction of sp³-hybridized carbons (Fsp3) is 0.452. The predicted octanol–water partition coefficient (Wildman–Crippen LogP) is 2.94. The van der Waals surface area contributed by atoms with Crippen LogP contribution in [0.2, 0.25) is 5.02 Å². The molecule has 0 aromatic heterocycles. The van der Waals surface area contributed by atoms with Crippen LogP contribution in [0.1, 0.15) is 57.8 Å². The molecule has 1 amide bonds. The molecule has 2 heterocycles. The van der Waals surface area contributed by atoms with E-state index in [9.17, 15) is 28.8 Å². The van der Waals surface area contributed by atoms with E-state index >= 15 is 0 Å². The molecule has 0 bridgehead atoms. The van der Waals surface area contributed by atoms with Gasteiger partial charge in [-0.25, -0.2) is 4.98 Å². The molecule has 0 radical (unpaired) electrons. The molecule has 16 heteroatoms. The van der Waals surface area contributed by atoms with Crippen molar-refractivity contribution >= 4 is 52.5 Å². The first kappa shape index (κ1) is 35.1. The number of nitrogens with zero attached hydrogens (tertiary/aromatic N) is 1. The Labute approximate surface area is 273 Å². The molecule has 15 nitrogen and oxygen atoms in total. The Morgan fingerprint density at radius 1 is 0.915 bits per heavy atom. The van der Waals surface area contributed by atoms with Gasteiger partial charge in [0.2, 0.25) is 12.4 Å². The molecule has 1 aliphatic carbocycles. The first-order chi connectivity index (χ1) is 22.3. The largest absolute Gasteiger partial charge is 0.463 e. The van der Waals surface area contributed by atoms with Crippen LogP contribution < -0.4 is 15.5 Å². The van der Waals surface area contributed by atoms with Crippen molar-refractivity contribution in [3.05, 3.63) is 45.1 Å². The van der Waals surface area contributed by atoms with Gasteiger partial charge in [0.25, 0.3) is 5.91 Å². The number of halogens is 1. The quantitative estimate of drug-likeness (QED) is 0.135. The molecule has 252 valence electrons. The zero-order valence-corrected chi connectivity index (χ0v) is 26.9. The van der Waals surface area contributed by atoms with Crippen LogP contribution >= 0.6 is 11.6 Å². The second-order valence-electron chi connectivity index (χ2n) is 10.5. The summed E-state index contributed by atoms with van der Waals surface area (Å²) in [6.07, 6.45) is -5.68. The lowest BCUT2D eigenvalue weighted by molar-refractivity contribution is -0.288. The molecular formula is C31H33ClN2O13. The van der Waals surface area contributed by atoms with Crippen molar-refractivity contribution in [3.63, 3.8) is 0 Å². The van der Waals surface area contributed by atoms with Crippen molar-refractivity contribution in [1.29, 1.82) is 0 Å². The van der Waals surface area contributed by atoms with Gasteiger partial charge in [-0.2, -0.15) is 0 Å². The summed E-state index contributed by atoms with van der Waals surface area (Å²) in [5, 5.41) is 2.69. The van der Waals surface area contributed by atoms with E-state index in [0.717, 1.165) is 34.1 Å². The highest BCUT2D eigenvalue weighted by Crippen LogP contribution is 2.37. The molecule has 5 unspecified atom stereocenters. The summed E-state index contributed by atoms with van der Waals surface area (Å²) in [4.78, 5) is 78.1. The molecule has 1 aromatic rings. The van der Waals surface area contributed by atoms with Crippen LogP contribution in [0.3, 0.4) is 0 Å². The number of nitrogens with one attached hydrogen (secondary N) is 1. The molecule has 47 heavy (non-hydrogen) atoms. The number of benzene rings is 2. The van der Waals surface area contributed by atoms with Crippen LogP contribution in [0.25, 0.3) is 22.6 Å². The summed E-state index contributed by atoms with van der Waals surface area (Å²) in [5.41, 5.74) is -0.283. The molecule has 1 N–H and O–H groups in total. The summed E-state index contributed by atoms with van der Waals surface area (Å²) >= 11 is 6.55. The van der Waals surface area contributed by atoms with Gasteiger partial charge in [0.15, 0.2) is 29.0 Å². The van der Waals surface area contributed by atoms with E-state index in [1.54, 1.807) is 0 Å². The number of unbranched alkanes of at least 4 members (excludes halogenated alkanes) is 1. The van der Waals surface area contributed by atoms with E-state index in [1.165, 1.54) is 24.3 Å². The first-order valence-electron chi connectivity index (χ1n) is 14.6. The van der Waals surface area contributed by atoms with Crippen molar-refractivity contribution in [2.45, 2.75) is 78.2 Å². The number of carbonyl (C=O) groups excluding carboxylic acids is 5. The highest BCUT2D eigenvalue weighted by molar-refractivity contribution is 6.32. The zero-order valence-electron chi connectivity index (χ0n) is 26.2. The molecule has 1 saturated heterocycles. The standard InChI is InChI=1S/C31H33ClN2O13/c1-6-7-10-33-30(40)25-21(39)9-8-19-26(25)45-23-12-22(18(32)11-20(23)34-19)46-31-29(44-17(5)38)28(43-16(4)37)27(42-15(3)36)24(47-31)13-41-14(2)35/h8-9,11-12,24,27-29,31H,6-7,10,13H2,1-5H3,(H,33,40). The molecule has 2 aliphatic heterocycles. The van der Waals surface area contributed by atoms with Crippen molar-refractivity contribution in [3.8, 4) is 17.2 Å². The van der Waals surface area contributed by atoms with E-state index < -0.39 is 72.5 Å². The molecule has 5 atom stereocenters. The molecule has 0 saturated carbocycles. The third-order valence-electron chi connectivity index (χ3n) is 6.80. The zero-order chi connectivity index (χ0) is 34.4. The predicted molar refractivity (Wildman–Crippen MR) is 162 cm³/mol. The maximum Gasteiger partial charge on any atom is 0.303 e. The lowest BCUT2D eigenvalue weighted by atomic mass is 9.98. The number of esters is 4. The number of fused-ring (bicyclic) bond motifs is 2. The van der Waals surface area contributed by atoms with Crippen molar-refractivity contribution < 1.29 is 56.8 Å². The first-order valence-corrected chi connectivity index (χ1v) is 15.0. The number of hydrogen-bond acceptors (Lipinski definition) is 14. The molecular weight excluding hydrogens is 644 g/mol. The Hall–Kier alpha value is -4.76. The summed E-state index contributed by atoms with van der Waals surface area (Å²) in [7, 11) is 0. The minimum Gasteiger partial charge on any atom is -0.463 e. The molecule has 3 aliphatic rings. The second-order valence-corrected chi connectivity index (χ2v) is 11.0. The van der Waals surface area contributed by atoms with Crippen molar-refractivity contribution in [2.75, 3.05) is 13.2 Å². The second kappa shape index (κ2) is 15.2. The molecule has 1 fully saturated rings. The lowest BCUT2D eigenvalue weighted by Gasteiger charge is -2.43. The summed E-state index contributed by atoms with van der Waals surface area (Å²) < 4.78 is 39.4. The lowest BCUT2D eigenvalue weighted by Crippen LogP contribution is -2.63. The highest BCUT2D eigenvalue weighted by Gasteiger charge is 2.53. The normalized spacial score (nSPS) is 20.7. The number of carbonyl (C=O) groups is 5. The summed E-state index contributed by atoms with van der Waals surface area (Å²) in [5.74, 6) is -3.90. The monoisotopic (exact) mass is 676 g/mol. The maximum absolute atomic E-state index is 12.9. The number of amides is 1. The van der Waals surface area contributed by atoms with Crippen LogP contribution in [0.15, 0.2) is 33.5 Å². The van der Waals surface area contributed by atoms with E-state index in [0.29, 0.717) is 13.0 Å². The molecule has 0 spiro atoms. The Kier molecular flexibility index (Phi) is 11.4. The summed E-state index contributed by atoms with van der Waals surface area (Å²) in [6, 6.07) is 5.34. The van der Waals surface area contributed by atoms with Crippen LogP contribution in [-0.2, 0) is 42.9 Å². The maximum atomic E-state index is 12.9. The molecule has 1 aromatic carbocycles. The minimum absolute atomic E-state index is 0.00890. The number of aromatic nitrogens is 1. The minimum atomic E-state index is -1.58. The smallest absolute Gasteiger partial charge is 0.303 e. The number of hydrogen-bond donors (Lipinski definition) is 1. The highest BCUT2D eigenvalue weighted by atomic mass is 35.5. The van der Waals surface area contributed by atoms with Gasteiger partial charge in [-0.15, -0.1) is 0 Å². The van der Waals surface area contributed by atoms with E-state index in [2.05, 4.69) is 10.3 Å². The van der Waals surface area contributed by atoms with E-state index in [-0.39, 0.29) is 38.9 Å². The van der Waals surface area contributed by atoms with Crippen LogP contribution in [-0.4, -0.2) is 78.6 Å². The van der Waals surface area contributed by atoms with Gasteiger partial charge >= 0.3 is 23.9 Å². The van der Waals surface area contributed by atoms with E-state index in [1.807, 2.05) is 6.92 Å². The van der Waals surface area contributed by atoms with Crippen LogP contribution in [0, 0.1) is 0 Å². The van der Waals surface area contributed by atoms with Gasteiger partial charge in [-0.3, -0.25) is 28.8 Å². The average molecular weight is 677 g/mol. The Balaban J connectivity index is 1.79. The van der Waals surface area contributed by atoms with Gasteiger partial charge in [0.1, 0.15) is 35.2 Å². The fourth-order valence-electron chi connectivity index (χ4n) is 4.86. The number of ether oxygens (including phenoxy) is 6. The van der Waals surface area contributed by atoms with Gasteiger partial charge < -0.3 is 38.2 Å². The average Bonchev–Trinajstić information content (AvgIpc) is 2.98. The van der Waals surface area contributed by atoms with Crippen molar-refractivity contribution in [1.82, 2.24) is 10.3 Å². The van der Waals surface area contributed by atoms with Crippen molar-refractivity contribution in [2.24, 2.45) is 0 Å². The SMILES string of the molecule is CCCCNC(=O)c1c2oc3cc(OC4OC(COC(C)=O)C(OC(C)=O)C(OC(C)=O)C4OC(C)=O)c(Cl)cc3nc-2ccc1=O. The topological polar surface area (TPSA) is 196 Å². The molecule has 4 rings (SSSR count). The Bertz CT molecular complexity index is 1710.